The lowest BCUT2D eigenvalue weighted by atomic mass is 10.2. The zero-order chi connectivity index (χ0) is 11.1. The van der Waals surface area contributed by atoms with E-state index in [0.717, 1.165) is 19.7 Å². The monoisotopic (exact) mass is 210 g/mol. The molecule has 1 heterocycles. The first-order valence-electron chi connectivity index (χ1n) is 5.65. The van der Waals surface area contributed by atoms with Gasteiger partial charge in [-0.05, 0) is 25.5 Å². The predicted octanol–water partition coefficient (Wildman–Crippen LogP) is 2.20. The van der Waals surface area contributed by atoms with Crippen molar-refractivity contribution in [3.05, 3.63) is 24.0 Å². The third-order valence-corrected chi connectivity index (χ3v) is 2.72. The van der Waals surface area contributed by atoms with Crippen molar-refractivity contribution in [2.45, 2.75) is 32.9 Å². The second-order valence-corrected chi connectivity index (χ2v) is 3.83. The summed E-state index contributed by atoms with van der Waals surface area (Å²) >= 11 is 0. The molecule has 86 valence electrons. The molecule has 1 N–H and O–H groups in total. The number of ether oxygens (including phenoxy) is 1. The Morgan fingerprint density at radius 2 is 2.33 bits per heavy atom. The minimum Gasteiger partial charge on any atom is -0.383 e. The van der Waals surface area contributed by atoms with E-state index in [4.69, 9.17) is 4.74 Å². The van der Waals surface area contributed by atoms with Crippen LogP contribution in [0, 0.1) is 0 Å². The maximum atomic E-state index is 4.99. The summed E-state index contributed by atoms with van der Waals surface area (Å²) in [6, 6.07) is 4.87. The van der Waals surface area contributed by atoms with Gasteiger partial charge in [0, 0.05) is 38.1 Å². The molecular formula is C12H22N2O. The van der Waals surface area contributed by atoms with Crippen LogP contribution in [0.4, 0.5) is 0 Å². The van der Waals surface area contributed by atoms with Crippen LogP contribution < -0.4 is 5.32 Å². The molecule has 1 aromatic heterocycles. The average Bonchev–Trinajstić information content (AvgIpc) is 2.71. The highest BCUT2D eigenvalue weighted by atomic mass is 16.5. The van der Waals surface area contributed by atoms with Gasteiger partial charge in [0.15, 0.2) is 0 Å². The fraction of sp³-hybridized carbons (Fsp3) is 0.667. The maximum Gasteiger partial charge on any atom is 0.0587 e. The molecule has 0 unspecified atom stereocenters. The highest BCUT2D eigenvalue weighted by Crippen LogP contribution is 2.14. The van der Waals surface area contributed by atoms with E-state index in [0.29, 0.717) is 6.04 Å². The summed E-state index contributed by atoms with van der Waals surface area (Å²) in [5.41, 5.74) is 1.35. The first-order chi connectivity index (χ1) is 7.29. The third-order valence-electron chi connectivity index (χ3n) is 2.72. The van der Waals surface area contributed by atoms with Gasteiger partial charge >= 0.3 is 0 Å². The lowest BCUT2D eigenvalue weighted by molar-refractivity contribution is 0.199. The van der Waals surface area contributed by atoms with Crippen LogP contribution in [-0.2, 0) is 11.3 Å². The van der Waals surface area contributed by atoms with Crippen LogP contribution in [0.1, 0.15) is 32.0 Å². The molecule has 1 aromatic rings. The summed E-state index contributed by atoms with van der Waals surface area (Å²) in [6.45, 7) is 7.05. The Hall–Kier alpha value is -0.800. The van der Waals surface area contributed by atoms with Crippen LogP contribution in [0.2, 0.25) is 0 Å². The van der Waals surface area contributed by atoms with E-state index in [1.807, 2.05) is 0 Å². The van der Waals surface area contributed by atoms with Gasteiger partial charge in [-0.25, -0.2) is 0 Å². The zero-order valence-electron chi connectivity index (χ0n) is 9.99. The molecule has 0 radical (unpaired) electrons. The lowest BCUT2D eigenvalue weighted by Crippen LogP contribution is -2.21. The number of hydrogen-bond acceptors (Lipinski definition) is 2. The second-order valence-electron chi connectivity index (χ2n) is 3.83. The average molecular weight is 210 g/mol. The maximum absolute atomic E-state index is 4.99. The fourth-order valence-electron chi connectivity index (χ4n) is 1.60. The highest BCUT2D eigenvalue weighted by molar-refractivity contribution is 5.08. The minimum absolute atomic E-state index is 0.583. The van der Waals surface area contributed by atoms with Crippen molar-refractivity contribution >= 4 is 0 Å². The van der Waals surface area contributed by atoms with Gasteiger partial charge in [-0.3, -0.25) is 0 Å². The topological polar surface area (TPSA) is 26.2 Å². The van der Waals surface area contributed by atoms with Crippen molar-refractivity contribution in [1.82, 2.24) is 9.88 Å². The number of rotatable bonds is 7. The number of nitrogens with zero attached hydrogens (tertiary/aromatic N) is 1. The smallest absolute Gasteiger partial charge is 0.0587 e. The van der Waals surface area contributed by atoms with Gasteiger partial charge in [0.05, 0.1) is 6.61 Å². The summed E-state index contributed by atoms with van der Waals surface area (Å²) in [7, 11) is 1.73. The van der Waals surface area contributed by atoms with E-state index >= 15 is 0 Å². The molecule has 0 bridgehead atoms. The minimum atomic E-state index is 0.583. The fourth-order valence-corrected chi connectivity index (χ4v) is 1.60. The molecule has 15 heavy (non-hydrogen) atoms. The van der Waals surface area contributed by atoms with E-state index in [1.54, 1.807) is 7.11 Å². The van der Waals surface area contributed by atoms with E-state index in [2.05, 4.69) is 42.1 Å². The van der Waals surface area contributed by atoms with Crippen LogP contribution in [0.3, 0.4) is 0 Å². The number of methoxy groups -OCH3 is 1. The van der Waals surface area contributed by atoms with Crippen molar-refractivity contribution in [3.8, 4) is 0 Å². The van der Waals surface area contributed by atoms with Gasteiger partial charge in [-0.1, -0.05) is 6.92 Å². The first-order valence-corrected chi connectivity index (χ1v) is 5.65. The summed E-state index contributed by atoms with van der Waals surface area (Å²) in [6.07, 6.45) is 3.32. The molecule has 0 spiro atoms. The molecule has 0 amide bonds. The molecule has 0 fully saturated rings. The highest BCUT2D eigenvalue weighted by Gasteiger charge is 2.05. The van der Waals surface area contributed by atoms with Gasteiger partial charge in [0.2, 0.25) is 0 Å². The summed E-state index contributed by atoms with van der Waals surface area (Å²) < 4.78 is 7.32. The third kappa shape index (κ3) is 3.68. The summed E-state index contributed by atoms with van der Waals surface area (Å²) in [5, 5.41) is 3.36. The molecule has 1 atom stereocenters. The predicted molar refractivity (Wildman–Crippen MR) is 63.0 cm³/mol. The van der Waals surface area contributed by atoms with Gasteiger partial charge in [0.25, 0.3) is 0 Å². The van der Waals surface area contributed by atoms with Crippen molar-refractivity contribution in [2.75, 3.05) is 20.3 Å². The van der Waals surface area contributed by atoms with E-state index in [-0.39, 0.29) is 0 Å². The second kappa shape index (κ2) is 6.64. The molecule has 3 nitrogen and oxygen atoms in total. The van der Waals surface area contributed by atoms with Gasteiger partial charge < -0.3 is 14.6 Å². The van der Waals surface area contributed by atoms with Crippen molar-refractivity contribution in [1.29, 1.82) is 0 Å². The molecule has 0 saturated carbocycles. The number of hydrogen-bond donors (Lipinski definition) is 1. The molecule has 0 aliphatic rings. The summed E-state index contributed by atoms with van der Waals surface area (Å²) in [5.74, 6) is 0. The Bertz CT molecular complexity index is 270. The zero-order valence-corrected chi connectivity index (χ0v) is 9.99. The van der Waals surface area contributed by atoms with Crippen LogP contribution in [-0.4, -0.2) is 24.8 Å². The first kappa shape index (κ1) is 12.3. The molecule has 0 aliphatic heterocycles. The number of nitrogens with one attached hydrogen (secondary N) is 1. The Morgan fingerprint density at radius 1 is 1.53 bits per heavy atom. The van der Waals surface area contributed by atoms with Gasteiger partial charge in [0.1, 0.15) is 0 Å². The van der Waals surface area contributed by atoms with Crippen molar-refractivity contribution in [2.24, 2.45) is 0 Å². The normalized spacial score (nSPS) is 13.0. The Labute approximate surface area is 92.4 Å². The van der Waals surface area contributed by atoms with Gasteiger partial charge in [-0.2, -0.15) is 0 Å². The molecule has 0 saturated heterocycles. The van der Waals surface area contributed by atoms with Gasteiger partial charge in [-0.15, -0.1) is 0 Å². The lowest BCUT2D eigenvalue weighted by Gasteiger charge is -2.16. The van der Waals surface area contributed by atoms with Crippen LogP contribution >= 0.6 is 0 Å². The SMILES string of the molecule is CC[C@H](C)n1cccc1CNCCOC. The Balaban J connectivity index is 2.43. The Morgan fingerprint density at radius 3 is 3.00 bits per heavy atom. The molecule has 3 heteroatoms. The van der Waals surface area contributed by atoms with Crippen LogP contribution in [0.25, 0.3) is 0 Å². The summed E-state index contributed by atoms with van der Waals surface area (Å²) in [4.78, 5) is 0. The van der Waals surface area contributed by atoms with Crippen LogP contribution in [0.15, 0.2) is 18.3 Å². The van der Waals surface area contributed by atoms with Crippen LogP contribution in [0.5, 0.6) is 0 Å². The quantitative estimate of drug-likeness (QED) is 0.698. The molecule has 0 aromatic carbocycles. The largest absolute Gasteiger partial charge is 0.383 e. The molecular weight excluding hydrogens is 188 g/mol. The van der Waals surface area contributed by atoms with E-state index in [9.17, 15) is 0 Å². The van der Waals surface area contributed by atoms with E-state index < -0.39 is 0 Å². The van der Waals surface area contributed by atoms with Crippen molar-refractivity contribution < 1.29 is 4.74 Å². The molecule has 0 aliphatic carbocycles. The Kier molecular flexibility index (Phi) is 5.43. The standard InChI is InChI=1S/C12H22N2O/c1-4-11(2)14-8-5-6-12(14)10-13-7-9-15-3/h5-6,8,11,13H,4,7,9-10H2,1-3H3/t11-/m0/s1. The van der Waals surface area contributed by atoms with E-state index in [1.165, 1.54) is 12.1 Å². The molecule has 1 rings (SSSR count). The number of aromatic nitrogens is 1. The van der Waals surface area contributed by atoms with Crippen molar-refractivity contribution in [3.63, 3.8) is 0 Å².